The van der Waals surface area contributed by atoms with Gasteiger partial charge in [-0.1, -0.05) is 57.8 Å². The van der Waals surface area contributed by atoms with Gasteiger partial charge in [-0.3, -0.25) is 9.59 Å². The zero-order valence-corrected chi connectivity index (χ0v) is 13.5. The summed E-state index contributed by atoms with van der Waals surface area (Å²) >= 11 is 0. The van der Waals surface area contributed by atoms with Gasteiger partial charge in [0.2, 0.25) is 5.78 Å². The van der Waals surface area contributed by atoms with Crippen molar-refractivity contribution in [3.8, 4) is 11.8 Å². The number of rotatable bonds is 13. The Balaban J connectivity index is 3.37. The number of aliphatic carboxylic acids is 1. The molecule has 0 heterocycles. The molecule has 3 heteroatoms. The molecule has 0 aliphatic carbocycles. The van der Waals surface area contributed by atoms with Crippen molar-refractivity contribution in [3.05, 3.63) is 0 Å². The molecule has 0 aliphatic rings. The van der Waals surface area contributed by atoms with E-state index in [9.17, 15) is 9.59 Å². The van der Waals surface area contributed by atoms with Gasteiger partial charge in [-0.15, -0.1) is 0 Å². The van der Waals surface area contributed by atoms with Gasteiger partial charge in [0.15, 0.2) is 0 Å². The van der Waals surface area contributed by atoms with Crippen LogP contribution in [0.4, 0.5) is 0 Å². The lowest BCUT2D eigenvalue weighted by Gasteiger charge is -1.97. The molecule has 0 aromatic heterocycles. The first kappa shape index (κ1) is 19.7. The minimum atomic E-state index is -0.744. The number of ketones is 1. The second-order valence-electron chi connectivity index (χ2n) is 5.55. The number of carboxylic acids is 1. The summed E-state index contributed by atoms with van der Waals surface area (Å²) in [7, 11) is 0. The molecule has 3 nitrogen and oxygen atoms in total. The van der Waals surface area contributed by atoms with Crippen LogP contribution in [0.15, 0.2) is 0 Å². The highest BCUT2D eigenvalue weighted by Gasteiger charge is 1.99. The molecule has 0 aliphatic heterocycles. The summed E-state index contributed by atoms with van der Waals surface area (Å²) in [5, 5.41) is 8.49. The molecule has 120 valence electrons. The van der Waals surface area contributed by atoms with Crippen LogP contribution in [-0.2, 0) is 9.59 Å². The van der Waals surface area contributed by atoms with E-state index in [2.05, 4.69) is 18.8 Å². The van der Waals surface area contributed by atoms with E-state index in [0.717, 1.165) is 32.1 Å². The minimum Gasteiger partial charge on any atom is -0.481 e. The maximum atomic E-state index is 11.5. The summed E-state index contributed by atoms with van der Waals surface area (Å²) in [4.78, 5) is 21.8. The topological polar surface area (TPSA) is 54.4 Å². The Bertz CT molecular complexity index is 336. The number of carbonyl (C=O) groups is 2. The van der Waals surface area contributed by atoms with Crippen molar-refractivity contribution in [1.82, 2.24) is 0 Å². The maximum absolute atomic E-state index is 11.5. The Morgan fingerprint density at radius 2 is 1.38 bits per heavy atom. The molecule has 0 saturated carbocycles. The minimum absolute atomic E-state index is 0.0271. The fourth-order valence-corrected chi connectivity index (χ4v) is 2.13. The molecule has 0 bridgehead atoms. The number of hydrogen-bond acceptors (Lipinski definition) is 2. The quantitative estimate of drug-likeness (QED) is 0.303. The Morgan fingerprint density at radius 3 is 2.05 bits per heavy atom. The third kappa shape index (κ3) is 16.6. The average molecular weight is 294 g/mol. The van der Waals surface area contributed by atoms with Crippen LogP contribution in [0, 0.1) is 11.8 Å². The summed E-state index contributed by atoms with van der Waals surface area (Å²) in [6.45, 7) is 2.21. The fraction of sp³-hybridized carbons (Fsp3) is 0.778. The van der Waals surface area contributed by atoms with E-state index in [1.807, 2.05) is 0 Å². The molecular weight excluding hydrogens is 264 g/mol. The summed E-state index contributed by atoms with van der Waals surface area (Å²) in [5.41, 5.74) is 0. The highest BCUT2D eigenvalue weighted by molar-refractivity contribution is 5.95. The van der Waals surface area contributed by atoms with Crippen LogP contribution < -0.4 is 0 Å². The zero-order chi connectivity index (χ0) is 15.8. The lowest BCUT2D eigenvalue weighted by Crippen LogP contribution is -1.95. The standard InChI is InChI=1S/C18H30O3/c1-2-3-4-5-6-7-8-11-14-17(19)15-12-9-10-13-16-18(20)21/h2-10,12-13,15-16H2,1H3,(H,20,21). The molecule has 0 aromatic rings. The first-order chi connectivity index (χ1) is 10.2. The number of carboxylic acid groups (broad SMARTS) is 1. The Kier molecular flexibility index (Phi) is 14.2. The maximum Gasteiger partial charge on any atom is 0.303 e. The molecule has 0 aromatic carbocycles. The van der Waals surface area contributed by atoms with Crippen LogP contribution >= 0.6 is 0 Å². The first-order valence-electron chi connectivity index (χ1n) is 8.40. The van der Waals surface area contributed by atoms with E-state index in [1.54, 1.807) is 0 Å². The summed E-state index contributed by atoms with van der Waals surface area (Å²) in [5.74, 6) is 4.96. The second kappa shape index (κ2) is 15.1. The van der Waals surface area contributed by atoms with Gasteiger partial charge in [-0.25, -0.2) is 0 Å². The van der Waals surface area contributed by atoms with E-state index in [0.29, 0.717) is 12.8 Å². The van der Waals surface area contributed by atoms with Crippen LogP contribution in [0.1, 0.15) is 90.4 Å². The lowest BCUT2D eigenvalue weighted by molar-refractivity contribution is -0.137. The van der Waals surface area contributed by atoms with Gasteiger partial charge in [-0.05, 0) is 25.2 Å². The van der Waals surface area contributed by atoms with Gasteiger partial charge in [-0.2, -0.15) is 0 Å². The summed E-state index contributed by atoms with van der Waals surface area (Å²) in [6, 6.07) is 0. The molecule has 0 rings (SSSR count). The van der Waals surface area contributed by atoms with E-state index in [-0.39, 0.29) is 12.2 Å². The molecule has 1 N–H and O–H groups in total. The number of unbranched alkanes of at least 4 members (excludes halogenated alkanes) is 9. The smallest absolute Gasteiger partial charge is 0.303 e. The van der Waals surface area contributed by atoms with Crippen molar-refractivity contribution in [3.63, 3.8) is 0 Å². The van der Waals surface area contributed by atoms with E-state index in [4.69, 9.17) is 5.11 Å². The Morgan fingerprint density at radius 1 is 0.810 bits per heavy atom. The van der Waals surface area contributed by atoms with Crippen LogP contribution in [0.2, 0.25) is 0 Å². The van der Waals surface area contributed by atoms with Gasteiger partial charge >= 0.3 is 5.97 Å². The van der Waals surface area contributed by atoms with Crippen LogP contribution in [-0.4, -0.2) is 16.9 Å². The van der Waals surface area contributed by atoms with E-state index < -0.39 is 5.97 Å². The Labute approximate surface area is 129 Å². The summed E-state index contributed by atoms with van der Waals surface area (Å²) in [6.07, 6.45) is 12.4. The monoisotopic (exact) mass is 294 g/mol. The van der Waals surface area contributed by atoms with Crippen molar-refractivity contribution >= 4 is 11.8 Å². The van der Waals surface area contributed by atoms with Crippen molar-refractivity contribution in [2.24, 2.45) is 0 Å². The lowest BCUT2D eigenvalue weighted by atomic mass is 10.1. The van der Waals surface area contributed by atoms with Crippen LogP contribution in [0.3, 0.4) is 0 Å². The van der Waals surface area contributed by atoms with Gasteiger partial charge in [0.05, 0.1) is 0 Å². The molecule has 0 unspecified atom stereocenters. The van der Waals surface area contributed by atoms with Gasteiger partial charge < -0.3 is 5.11 Å². The van der Waals surface area contributed by atoms with Gasteiger partial charge in [0.25, 0.3) is 0 Å². The number of carbonyl (C=O) groups excluding carboxylic acids is 1. The molecule has 0 fully saturated rings. The molecular formula is C18H30O3. The SMILES string of the molecule is CCCCCCCCC#CC(=O)CCCCCCC(=O)O. The predicted molar refractivity (Wildman–Crippen MR) is 86.1 cm³/mol. The molecule has 21 heavy (non-hydrogen) atoms. The molecule has 0 amide bonds. The van der Waals surface area contributed by atoms with Crippen LogP contribution in [0.25, 0.3) is 0 Å². The average Bonchev–Trinajstić information content (AvgIpc) is 2.45. The zero-order valence-electron chi connectivity index (χ0n) is 13.5. The normalized spacial score (nSPS) is 9.95. The summed E-state index contributed by atoms with van der Waals surface area (Å²) < 4.78 is 0. The van der Waals surface area contributed by atoms with E-state index >= 15 is 0 Å². The van der Waals surface area contributed by atoms with Crippen molar-refractivity contribution < 1.29 is 14.7 Å². The van der Waals surface area contributed by atoms with Crippen molar-refractivity contribution in [2.45, 2.75) is 90.4 Å². The predicted octanol–water partition coefficient (Wildman–Crippen LogP) is 4.73. The van der Waals surface area contributed by atoms with E-state index in [1.165, 1.54) is 32.1 Å². The Hall–Kier alpha value is -1.30. The number of Topliss-reactive ketones (excluding diaryl/α,β-unsaturated/α-hetero) is 1. The molecule has 0 radical (unpaired) electrons. The third-order valence-corrected chi connectivity index (χ3v) is 3.43. The number of hydrogen-bond donors (Lipinski definition) is 1. The molecule has 0 atom stereocenters. The van der Waals surface area contributed by atoms with Crippen LogP contribution in [0.5, 0.6) is 0 Å². The first-order valence-corrected chi connectivity index (χ1v) is 8.40. The fourth-order valence-electron chi connectivity index (χ4n) is 2.13. The van der Waals surface area contributed by atoms with Crippen molar-refractivity contribution in [2.75, 3.05) is 0 Å². The highest BCUT2D eigenvalue weighted by Crippen LogP contribution is 2.07. The van der Waals surface area contributed by atoms with Gasteiger partial charge in [0, 0.05) is 19.3 Å². The molecule has 0 spiro atoms. The highest BCUT2D eigenvalue weighted by atomic mass is 16.4. The van der Waals surface area contributed by atoms with Crippen molar-refractivity contribution in [1.29, 1.82) is 0 Å². The second-order valence-corrected chi connectivity index (χ2v) is 5.55. The molecule has 0 saturated heterocycles. The third-order valence-electron chi connectivity index (χ3n) is 3.43. The van der Waals surface area contributed by atoms with Gasteiger partial charge in [0.1, 0.15) is 0 Å². The largest absolute Gasteiger partial charge is 0.481 e.